The fourth-order valence-electron chi connectivity index (χ4n) is 7.98. The van der Waals surface area contributed by atoms with Gasteiger partial charge in [0.15, 0.2) is 6.10 Å². The van der Waals surface area contributed by atoms with Crippen LogP contribution in [0, 0.1) is 0 Å². The van der Waals surface area contributed by atoms with Crippen molar-refractivity contribution in [2.24, 2.45) is 0 Å². The van der Waals surface area contributed by atoms with Gasteiger partial charge in [-0.2, -0.15) is 0 Å². The number of hydrogen-bond donors (Lipinski definition) is 0. The highest BCUT2D eigenvalue weighted by Crippen LogP contribution is 2.15. The van der Waals surface area contributed by atoms with Crippen LogP contribution < -0.4 is 0 Å². The highest BCUT2D eigenvalue weighted by molar-refractivity contribution is 5.71. The van der Waals surface area contributed by atoms with Crippen molar-refractivity contribution in [2.75, 3.05) is 13.2 Å². The highest BCUT2D eigenvalue weighted by atomic mass is 16.6. The Hall–Kier alpha value is -4.19. The van der Waals surface area contributed by atoms with E-state index in [4.69, 9.17) is 14.2 Å². The zero-order valence-corrected chi connectivity index (χ0v) is 47.4. The zero-order chi connectivity index (χ0) is 52.9. The minimum Gasteiger partial charge on any atom is -0.462 e. The first kappa shape index (κ1) is 68.8. The maximum atomic E-state index is 12.9. The molecule has 0 aromatic heterocycles. The summed E-state index contributed by atoms with van der Waals surface area (Å²) in [6, 6.07) is 0. The average Bonchev–Trinajstić information content (AvgIpc) is 3.39. The zero-order valence-electron chi connectivity index (χ0n) is 47.4. The Morgan fingerprint density at radius 1 is 0.288 bits per heavy atom. The van der Waals surface area contributed by atoms with Gasteiger partial charge in [0.05, 0.1) is 0 Å². The van der Waals surface area contributed by atoms with Crippen LogP contribution in [0.5, 0.6) is 0 Å². The first-order valence-electron chi connectivity index (χ1n) is 30.0. The van der Waals surface area contributed by atoms with Gasteiger partial charge in [-0.15, -0.1) is 0 Å². The molecular formula is C67H110O6. The summed E-state index contributed by atoms with van der Waals surface area (Å²) in [5, 5.41) is 0. The largest absolute Gasteiger partial charge is 0.462 e. The summed E-state index contributed by atoms with van der Waals surface area (Å²) in [7, 11) is 0. The average molecular weight is 1010 g/mol. The van der Waals surface area contributed by atoms with Gasteiger partial charge >= 0.3 is 17.9 Å². The number of allylic oxidation sites excluding steroid dienone is 20. The van der Waals surface area contributed by atoms with Crippen molar-refractivity contribution < 1.29 is 28.6 Å². The van der Waals surface area contributed by atoms with E-state index >= 15 is 0 Å². The fraction of sp³-hybridized carbons (Fsp3) is 0.657. The van der Waals surface area contributed by atoms with Crippen LogP contribution >= 0.6 is 0 Å². The predicted octanol–water partition coefficient (Wildman–Crippen LogP) is 20.4. The van der Waals surface area contributed by atoms with Gasteiger partial charge in [0.25, 0.3) is 0 Å². The number of carbonyl (C=O) groups is 3. The lowest BCUT2D eigenvalue weighted by Gasteiger charge is -2.18. The van der Waals surface area contributed by atoms with Gasteiger partial charge in [0.2, 0.25) is 0 Å². The number of hydrogen-bond acceptors (Lipinski definition) is 6. The number of unbranched alkanes of at least 4 members (excludes halogenated alkanes) is 22. The van der Waals surface area contributed by atoms with Crippen molar-refractivity contribution in [3.05, 3.63) is 122 Å². The van der Waals surface area contributed by atoms with E-state index in [-0.39, 0.29) is 31.1 Å². The van der Waals surface area contributed by atoms with Crippen LogP contribution in [0.15, 0.2) is 122 Å². The summed E-state index contributed by atoms with van der Waals surface area (Å²) >= 11 is 0. The second kappa shape index (κ2) is 60.4. The van der Waals surface area contributed by atoms with Crippen molar-refractivity contribution in [1.82, 2.24) is 0 Å². The molecule has 0 saturated carbocycles. The van der Waals surface area contributed by atoms with Gasteiger partial charge in [-0.05, 0) is 128 Å². The van der Waals surface area contributed by atoms with Gasteiger partial charge in [-0.25, -0.2) is 0 Å². The number of carbonyl (C=O) groups excluding carboxylic acids is 3. The monoisotopic (exact) mass is 1010 g/mol. The maximum Gasteiger partial charge on any atom is 0.306 e. The molecule has 414 valence electrons. The van der Waals surface area contributed by atoms with Crippen molar-refractivity contribution in [3.8, 4) is 0 Å². The molecule has 0 aliphatic rings. The molecule has 0 aliphatic heterocycles. The van der Waals surface area contributed by atoms with E-state index in [1.807, 2.05) is 0 Å². The Balaban J connectivity index is 4.49. The smallest absolute Gasteiger partial charge is 0.306 e. The summed E-state index contributed by atoms with van der Waals surface area (Å²) in [5.41, 5.74) is 0. The van der Waals surface area contributed by atoms with Crippen LogP contribution in [-0.2, 0) is 28.6 Å². The third-order valence-corrected chi connectivity index (χ3v) is 12.4. The summed E-state index contributed by atoms with van der Waals surface area (Å²) in [6.07, 6.45) is 83.3. The highest BCUT2D eigenvalue weighted by Gasteiger charge is 2.19. The summed E-state index contributed by atoms with van der Waals surface area (Å²) in [6.45, 7) is 6.36. The molecule has 73 heavy (non-hydrogen) atoms. The molecule has 0 fully saturated rings. The molecule has 0 N–H and O–H groups in total. The lowest BCUT2D eigenvalue weighted by atomic mass is 10.1. The third-order valence-electron chi connectivity index (χ3n) is 12.4. The molecule has 0 spiro atoms. The third kappa shape index (κ3) is 58.6. The van der Waals surface area contributed by atoms with Crippen molar-refractivity contribution >= 4 is 17.9 Å². The molecule has 0 rings (SSSR count). The van der Waals surface area contributed by atoms with Gasteiger partial charge in [0.1, 0.15) is 13.2 Å². The number of ether oxygens (including phenoxy) is 3. The van der Waals surface area contributed by atoms with Crippen molar-refractivity contribution in [2.45, 2.75) is 271 Å². The first-order valence-corrected chi connectivity index (χ1v) is 30.0. The lowest BCUT2D eigenvalue weighted by molar-refractivity contribution is -0.167. The quantitative estimate of drug-likeness (QED) is 0.0261. The molecule has 1 atom stereocenters. The summed E-state index contributed by atoms with van der Waals surface area (Å²) < 4.78 is 16.8. The second-order valence-electron chi connectivity index (χ2n) is 19.5. The molecule has 0 aliphatic carbocycles. The van der Waals surface area contributed by atoms with E-state index in [0.29, 0.717) is 25.7 Å². The predicted molar refractivity (Wildman–Crippen MR) is 316 cm³/mol. The van der Waals surface area contributed by atoms with E-state index in [9.17, 15) is 14.4 Å². The topological polar surface area (TPSA) is 78.9 Å². The molecule has 0 radical (unpaired) electrons. The maximum absolute atomic E-state index is 12.9. The molecule has 6 heteroatoms. The Kier molecular flexibility index (Phi) is 56.9. The van der Waals surface area contributed by atoms with Crippen LogP contribution in [0.4, 0.5) is 0 Å². The van der Waals surface area contributed by atoms with Gasteiger partial charge in [-0.1, -0.05) is 239 Å². The molecule has 6 nitrogen and oxygen atoms in total. The van der Waals surface area contributed by atoms with Crippen LogP contribution in [0.25, 0.3) is 0 Å². The Morgan fingerprint density at radius 3 is 0.877 bits per heavy atom. The Bertz CT molecular complexity index is 1540. The van der Waals surface area contributed by atoms with Crippen LogP contribution in [0.3, 0.4) is 0 Å². The minimum absolute atomic E-state index is 0.104. The van der Waals surface area contributed by atoms with E-state index in [2.05, 4.69) is 142 Å². The van der Waals surface area contributed by atoms with E-state index < -0.39 is 6.10 Å². The number of esters is 3. The SMILES string of the molecule is CC/C=C\C/C=C\C/C=C\C/C=C\C/C=C\C/C=C\CCCCC(=O)OCC(COC(=O)CCCCCCC/C=C\C/C=C\C/C=C\CC)OC(=O)CCCCCCCCCCC/C=C\CCCCCCCC. The van der Waals surface area contributed by atoms with E-state index in [1.54, 1.807) is 0 Å². The molecule has 1 unspecified atom stereocenters. The Labute approximate surface area is 450 Å². The van der Waals surface area contributed by atoms with Crippen LogP contribution in [0.1, 0.15) is 265 Å². The second-order valence-corrected chi connectivity index (χ2v) is 19.5. The van der Waals surface area contributed by atoms with Gasteiger partial charge in [-0.3, -0.25) is 14.4 Å². The molecule has 0 bridgehead atoms. The minimum atomic E-state index is -0.809. The van der Waals surface area contributed by atoms with E-state index in [0.717, 1.165) is 128 Å². The summed E-state index contributed by atoms with van der Waals surface area (Å²) in [5.74, 6) is -0.965. The number of rotatable bonds is 53. The summed E-state index contributed by atoms with van der Waals surface area (Å²) in [4.78, 5) is 38.2. The molecule has 0 heterocycles. The normalized spacial score (nSPS) is 13.0. The lowest BCUT2D eigenvalue weighted by Crippen LogP contribution is -2.30. The molecule has 0 saturated heterocycles. The molecule has 0 aromatic carbocycles. The first-order chi connectivity index (χ1) is 36.0. The van der Waals surface area contributed by atoms with Crippen molar-refractivity contribution in [3.63, 3.8) is 0 Å². The van der Waals surface area contributed by atoms with Crippen LogP contribution in [0.2, 0.25) is 0 Å². The fourth-order valence-corrected chi connectivity index (χ4v) is 7.98. The van der Waals surface area contributed by atoms with E-state index in [1.165, 1.54) is 89.9 Å². The van der Waals surface area contributed by atoms with Crippen molar-refractivity contribution in [1.29, 1.82) is 0 Å². The Morgan fingerprint density at radius 2 is 0.534 bits per heavy atom. The molecule has 0 aromatic rings. The molecule has 0 amide bonds. The van der Waals surface area contributed by atoms with Gasteiger partial charge in [0, 0.05) is 19.3 Å². The standard InChI is InChI=1S/C67H110O6/c1-4-7-10-13-16-19-22-25-28-30-32-33-35-36-39-42-45-48-51-54-57-60-66(69)72-63-64(62-71-65(68)59-56-53-50-47-44-41-38-27-24-21-18-15-12-9-6-3)73-67(70)61-58-55-52-49-46-43-40-37-34-31-29-26-23-20-17-14-11-8-5-2/h7,9-10,12,16,18-19,21,25-29,32-33,36,38-39,45,48,64H,4-6,8,11,13-15,17,20,22-24,30-31,34-35,37,40-44,46-47,49-63H2,1-3H3/b10-7-,12-9-,19-16-,21-18-,28-25-,29-26-,33-32-,38-27-,39-36-,48-45-. The molecular weight excluding hydrogens is 901 g/mol. The van der Waals surface area contributed by atoms with Crippen LogP contribution in [-0.4, -0.2) is 37.2 Å². The van der Waals surface area contributed by atoms with Gasteiger partial charge < -0.3 is 14.2 Å².